The molecule has 0 spiro atoms. The van der Waals surface area contributed by atoms with E-state index in [-0.39, 0.29) is 5.97 Å². The van der Waals surface area contributed by atoms with Gasteiger partial charge in [-0.2, -0.15) is 0 Å². The van der Waals surface area contributed by atoms with Crippen LogP contribution in [0, 0.1) is 0 Å². The standard InChI is InChI=1S/C26H52O2P/c1-6-9-10-11-12-13-14-15-16-17-18-19-20-21-23-29(7-2,8-3)24-22-28-26(27)25(4)5/h4,6-24H2,1-3,5H3/q+1. The largest absolute Gasteiger partial charge is 0.458 e. The molecule has 172 valence electrons. The van der Waals surface area contributed by atoms with E-state index in [2.05, 4.69) is 27.4 Å². The Bertz CT molecular complexity index is 402. The quantitative estimate of drug-likeness (QED) is 0.0792. The van der Waals surface area contributed by atoms with Crippen molar-refractivity contribution in [1.29, 1.82) is 0 Å². The van der Waals surface area contributed by atoms with Gasteiger partial charge in [0.2, 0.25) is 0 Å². The summed E-state index contributed by atoms with van der Waals surface area (Å²) in [7, 11) is -0.936. The Kier molecular flexibility index (Phi) is 19.4. The Hall–Kier alpha value is -0.360. The Morgan fingerprint density at radius 3 is 1.48 bits per heavy atom. The number of rotatable bonds is 21. The maximum absolute atomic E-state index is 11.6. The zero-order valence-electron chi connectivity index (χ0n) is 20.4. The third-order valence-electron chi connectivity index (χ3n) is 6.47. The molecule has 0 aliphatic rings. The van der Waals surface area contributed by atoms with Gasteiger partial charge in [-0.1, -0.05) is 90.6 Å². The molecule has 0 aliphatic heterocycles. The maximum Gasteiger partial charge on any atom is 0.333 e. The van der Waals surface area contributed by atoms with Crippen LogP contribution in [0.3, 0.4) is 0 Å². The Morgan fingerprint density at radius 1 is 0.690 bits per heavy atom. The van der Waals surface area contributed by atoms with Gasteiger partial charge in [0.1, 0.15) is 6.61 Å². The minimum atomic E-state index is -0.936. The minimum absolute atomic E-state index is 0.230. The summed E-state index contributed by atoms with van der Waals surface area (Å²) in [6.45, 7) is 12.9. The molecule has 2 nitrogen and oxygen atoms in total. The SMILES string of the molecule is C=C(C)C(=O)OCC[P+](CC)(CC)CCCCCCCCCCCCCCCC. The number of carbonyl (C=O) groups is 1. The van der Waals surface area contributed by atoms with Gasteiger partial charge in [-0.05, 0) is 33.6 Å². The second-order valence-corrected chi connectivity index (χ2v) is 13.8. The molecule has 0 saturated carbocycles. The molecule has 0 amide bonds. The van der Waals surface area contributed by atoms with E-state index in [0.717, 1.165) is 6.16 Å². The van der Waals surface area contributed by atoms with E-state index in [1.54, 1.807) is 6.92 Å². The van der Waals surface area contributed by atoms with E-state index in [9.17, 15) is 4.79 Å². The third-order valence-corrected chi connectivity index (χ3v) is 11.6. The monoisotopic (exact) mass is 427 g/mol. The number of unbranched alkanes of at least 4 members (excludes halogenated alkanes) is 13. The molecule has 0 heterocycles. The van der Waals surface area contributed by atoms with Crippen molar-refractivity contribution < 1.29 is 9.53 Å². The highest BCUT2D eigenvalue weighted by Gasteiger charge is 2.32. The van der Waals surface area contributed by atoms with E-state index in [1.807, 2.05) is 0 Å². The fraction of sp³-hybridized carbons (Fsp3) is 0.885. The smallest absolute Gasteiger partial charge is 0.333 e. The predicted molar refractivity (Wildman–Crippen MR) is 134 cm³/mol. The van der Waals surface area contributed by atoms with Crippen molar-refractivity contribution in [2.75, 3.05) is 31.3 Å². The molecule has 29 heavy (non-hydrogen) atoms. The summed E-state index contributed by atoms with van der Waals surface area (Å²) in [5.74, 6) is -0.230. The first-order valence-corrected chi connectivity index (χ1v) is 15.2. The van der Waals surface area contributed by atoms with Crippen molar-refractivity contribution in [2.45, 2.75) is 118 Å². The number of hydrogen-bond acceptors (Lipinski definition) is 2. The van der Waals surface area contributed by atoms with E-state index < -0.39 is 7.26 Å². The van der Waals surface area contributed by atoms with Crippen molar-refractivity contribution in [3.05, 3.63) is 12.2 Å². The van der Waals surface area contributed by atoms with Crippen LogP contribution < -0.4 is 0 Å². The van der Waals surface area contributed by atoms with Crippen molar-refractivity contribution in [3.8, 4) is 0 Å². The van der Waals surface area contributed by atoms with Gasteiger partial charge in [-0.3, -0.25) is 0 Å². The third kappa shape index (κ3) is 16.1. The average molecular weight is 428 g/mol. The van der Waals surface area contributed by atoms with Gasteiger partial charge in [-0.15, -0.1) is 0 Å². The van der Waals surface area contributed by atoms with Gasteiger partial charge >= 0.3 is 5.97 Å². The Balaban J connectivity index is 3.66. The van der Waals surface area contributed by atoms with Crippen LogP contribution in [0.5, 0.6) is 0 Å². The fourth-order valence-electron chi connectivity index (χ4n) is 4.06. The summed E-state index contributed by atoms with van der Waals surface area (Å²) >= 11 is 0. The van der Waals surface area contributed by atoms with E-state index >= 15 is 0 Å². The molecule has 3 heteroatoms. The molecule has 0 radical (unpaired) electrons. The first kappa shape index (κ1) is 28.6. The highest BCUT2D eigenvalue weighted by molar-refractivity contribution is 7.75. The van der Waals surface area contributed by atoms with Crippen LogP contribution in [0.1, 0.15) is 118 Å². The average Bonchev–Trinajstić information content (AvgIpc) is 2.72. The van der Waals surface area contributed by atoms with Gasteiger partial charge in [0, 0.05) is 12.8 Å². The number of esters is 1. The summed E-state index contributed by atoms with van der Waals surface area (Å²) in [5, 5.41) is 0. The lowest BCUT2D eigenvalue weighted by Crippen LogP contribution is -2.16. The maximum atomic E-state index is 11.6. The van der Waals surface area contributed by atoms with Crippen molar-refractivity contribution in [2.24, 2.45) is 0 Å². The fourth-order valence-corrected chi connectivity index (χ4v) is 7.37. The lowest BCUT2D eigenvalue weighted by Gasteiger charge is -2.25. The van der Waals surface area contributed by atoms with Gasteiger partial charge < -0.3 is 4.74 Å². The molecule has 0 N–H and O–H groups in total. The first-order valence-electron chi connectivity index (χ1n) is 12.7. The van der Waals surface area contributed by atoms with E-state index in [0.29, 0.717) is 12.2 Å². The second-order valence-electron chi connectivity index (χ2n) is 8.93. The molecule has 0 aromatic carbocycles. The molecule has 0 fully saturated rings. The van der Waals surface area contributed by atoms with Gasteiger partial charge in [0.15, 0.2) is 0 Å². The molecule has 0 aliphatic carbocycles. The molecule has 0 bridgehead atoms. The van der Waals surface area contributed by atoms with Crippen LogP contribution in [0.15, 0.2) is 12.2 Å². The highest BCUT2D eigenvalue weighted by Crippen LogP contribution is 2.58. The predicted octanol–water partition coefficient (Wildman–Crippen LogP) is 8.64. The zero-order chi connectivity index (χ0) is 21.8. The van der Waals surface area contributed by atoms with Crippen LogP contribution in [0.2, 0.25) is 0 Å². The summed E-state index contributed by atoms with van der Waals surface area (Å²) in [4.78, 5) is 11.6. The van der Waals surface area contributed by atoms with Crippen molar-refractivity contribution >= 4 is 13.2 Å². The van der Waals surface area contributed by atoms with E-state index in [4.69, 9.17) is 4.74 Å². The lowest BCUT2D eigenvalue weighted by molar-refractivity contribution is -0.138. The molecule has 0 rings (SSSR count). The molecule has 0 unspecified atom stereocenters. The number of hydrogen-bond donors (Lipinski definition) is 0. The lowest BCUT2D eigenvalue weighted by atomic mass is 10.0. The van der Waals surface area contributed by atoms with Gasteiger partial charge in [0.25, 0.3) is 0 Å². The van der Waals surface area contributed by atoms with E-state index in [1.165, 1.54) is 108 Å². The summed E-state index contributed by atoms with van der Waals surface area (Å²) in [6, 6.07) is 0. The Morgan fingerprint density at radius 2 is 1.10 bits per heavy atom. The van der Waals surface area contributed by atoms with Gasteiger partial charge in [-0.25, -0.2) is 4.79 Å². The number of carbonyl (C=O) groups excluding carboxylic acids is 1. The van der Waals surface area contributed by atoms with Gasteiger partial charge in [0.05, 0.1) is 24.6 Å². The summed E-state index contributed by atoms with van der Waals surface area (Å²) in [5.41, 5.74) is 0.508. The minimum Gasteiger partial charge on any atom is -0.458 e. The Labute approximate surface area is 184 Å². The summed E-state index contributed by atoms with van der Waals surface area (Å²) in [6.07, 6.45) is 24.9. The molecular weight excluding hydrogens is 375 g/mol. The van der Waals surface area contributed by atoms with Crippen LogP contribution >= 0.6 is 7.26 Å². The summed E-state index contributed by atoms with van der Waals surface area (Å²) < 4.78 is 5.38. The van der Waals surface area contributed by atoms with Crippen molar-refractivity contribution in [3.63, 3.8) is 0 Å². The number of ether oxygens (including phenoxy) is 1. The molecule has 0 saturated heterocycles. The first-order chi connectivity index (χ1) is 14.0. The van der Waals surface area contributed by atoms with Crippen molar-refractivity contribution in [1.82, 2.24) is 0 Å². The normalized spacial score (nSPS) is 11.6. The topological polar surface area (TPSA) is 26.3 Å². The van der Waals surface area contributed by atoms with Crippen LogP contribution in [-0.2, 0) is 9.53 Å². The molecular formula is C26H52O2P+. The highest BCUT2D eigenvalue weighted by atomic mass is 31.2. The van der Waals surface area contributed by atoms with Crippen LogP contribution in [-0.4, -0.2) is 37.2 Å². The second kappa shape index (κ2) is 19.6. The molecule has 0 aromatic heterocycles. The molecule has 0 atom stereocenters. The zero-order valence-corrected chi connectivity index (χ0v) is 21.3. The molecule has 0 aromatic rings. The van der Waals surface area contributed by atoms with Crippen LogP contribution in [0.4, 0.5) is 0 Å². The van der Waals surface area contributed by atoms with Crippen LogP contribution in [0.25, 0.3) is 0 Å².